The fraction of sp³-hybridized carbons (Fsp3) is 0.600. The summed E-state index contributed by atoms with van der Waals surface area (Å²) in [5, 5.41) is 39.8. The highest BCUT2D eigenvalue weighted by atomic mass is 16.7. The Morgan fingerprint density at radius 2 is 1.81 bits per heavy atom. The van der Waals surface area contributed by atoms with Crippen molar-refractivity contribution in [3.8, 4) is 24.0 Å². The van der Waals surface area contributed by atoms with Crippen LogP contribution in [0.3, 0.4) is 0 Å². The predicted octanol–water partition coefficient (Wildman–Crippen LogP) is 5.01. The maximum Gasteiger partial charge on any atom is 0.217 e. The van der Waals surface area contributed by atoms with Crippen molar-refractivity contribution in [1.29, 1.82) is 21.2 Å². The molecule has 1 aliphatic carbocycles. The number of nitriles is 3. The van der Waals surface area contributed by atoms with Gasteiger partial charge >= 0.3 is 0 Å². The van der Waals surface area contributed by atoms with E-state index in [0.29, 0.717) is 36.7 Å². The third kappa shape index (κ3) is 2.83. The van der Waals surface area contributed by atoms with Crippen LogP contribution in [0.2, 0.25) is 0 Å². The molecule has 166 valence electrons. The SMILES string of the molecule is CCCOc1ccc(C2OC34CCC(CCC)CC3C(C#N)(C(=N)O4)C2(C#N)C#N)cc1. The number of benzene rings is 1. The van der Waals surface area contributed by atoms with Crippen LogP contribution in [0.15, 0.2) is 24.3 Å². The van der Waals surface area contributed by atoms with E-state index in [2.05, 4.69) is 25.1 Å². The van der Waals surface area contributed by atoms with Crippen molar-refractivity contribution in [3.63, 3.8) is 0 Å². The number of nitrogens with zero attached hydrogens (tertiary/aromatic N) is 3. The number of hydrogen-bond acceptors (Lipinski definition) is 7. The number of ether oxygens (including phenoxy) is 3. The maximum absolute atomic E-state index is 10.4. The standard InChI is InChI=1S/C25H28N4O3/c1-3-5-17-10-11-25-20(13-17)24(16-28,22(29)32-25)23(14-26,15-27)21(31-25)18-6-8-19(9-7-18)30-12-4-2/h6-9,17,20-21,29H,3-5,10-13H2,1-2H3. The normalized spacial score (nSPS) is 34.3. The first kappa shape index (κ1) is 22.1. The average Bonchev–Trinajstić information content (AvgIpc) is 3.02. The fourth-order valence-corrected chi connectivity index (χ4v) is 5.85. The first-order valence-corrected chi connectivity index (χ1v) is 11.4. The van der Waals surface area contributed by atoms with Crippen molar-refractivity contribution < 1.29 is 14.2 Å². The fourth-order valence-electron chi connectivity index (χ4n) is 5.85. The zero-order chi connectivity index (χ0) is 23.0. The lowest BCUT2D eigenvalue weighted by Crippen LogP contribution is -2.61. The van der Waals surface area contributed by atoms with Gasteiger partial charge in [-0.25, -0.2) is 0 Å². The Hall–Kier alpha value is -3.08. The lowest BCUT2D eigenvalue weighted by Gasteiger charge is -2.52. The van der Waals surface area contributed by atoms with Crippen molar-refractivity contribution in [1.82, 2.24) is 0 Å². The Kier molecular flexibility index (Phi) is 5.61. The van der Waals surface area contributed by atoms with Gasteiger partial charge in [-0.1, -0.05) is 38.8 Å². The molecule has 3 aliphatic rings. The van der Waals surface area contributed by atoms with Gasteiger partial charge in [0.25, 0.3) is 0 Å². The van der Waals surface area contributed by atoms with E-state index in [4.69, 9.17) is 19.6 Å². The van der Waals surface area contributed by atoms with Crippen LogP contribution in [-0.4, -0.2) is 18.3 Å². The molecule has 2 heterocycles. The van der Waals surface area contributed by atoms with Crippen LogP contribution in [0.4, 0.5) is 0 Å². The molecule has 5 atom stereocenters. The quantitative estimate of drug-likeness (QED) is 0.674. The highest BCUT2D eigenvalue weighted by molar-refractivity contribution is 5.89. The largest absolute Gasteiger partial charge is 0.494 e. The molecule has 0 spiro atoms. The van der Waals surface area contributed by atoms with Gasteiger partial charge in [0.05, 0.1) is 30.7 Å². The van der Waals surface area contributed by atoms with Gasteiger partial charge in [0.2, 0.25) is 17.1 Å². The van der Waals surface area contributed by atoms with E-state index >= 15 is 0 Å². The highest BCUT2D eigenvalue weighted by Crippen LogP contribution is 2.70. The molecule has 2 saturated heterocycles. The van der Waals surface area contributed by atoms with E-state index in [1.54, 1.807) is 24.3 Å². The Morgan fingerprint density at radius 3 is 2.41 bits per heavy atom. The smallest absolute Gasteiger partial charge is 0.217 e. The monoisotopic (exact) mass is 432 g/mol. The van der Waals surface area contributed by atoms with Crippen molar-refractivity contribution in [2.45, 2.75) is 64.3 Å². The molecule has 1 saturated carbocycles. The minimum absolute atomic E-state index is 0.310. The summed E-state index contributed by atoms with van der Waals surface area (Å²) in [7, 11) is 0. The molecule has 7 nitrogen and oxygen atoms in total. The summed E-state index contributed by atoms with van der Waals surface area (Å²) in [6, 6.07) is 13.6. The molecule has 2 aliphatic heterocycles. The molecule has 0 aromatic heterocycles. The molecule has 1 aromatic carbocycles. The van der Waals surface area contributed by atoms with E-state index in [-0.39, 0.29) is 5.90 Å². The van der Waals surface area contributed by atoms with Gasteiger partial charge in [0.1, 0.15) is 11.9 Å². The summed E-state index contributed by atoms with van der Waals surface area (Å²) < 4.78 is 18.1. The molecule has 0 radical (unpaired) electrons. The van der Waals surface area contributed by atoms with Crippen LogP contribution >= 0.6 is 0 Å². The topological polar surface area (TPSA) is 123 Å². The second kappa shape index (κ2) is 8.12. The van der Waals surface area contributed by atoms with Crippen LogP contribution < -0.4 is 4.74 Å². The minimum Gasteiger partial charge on any atom is -0.494 e. The summed E-state index contributed by atoms with van der Waals surface area (Å²) in [5.74, 6) is -0.957. The van der Waals surface area contributed by atoms with Gasteiger partial charge < -0.3 is 14.2 Å². The second-order valence-corrected chi connectivity index (χ2v) is 9.09. The van der Waals surface area contributed by atoms with Crippen molar-refractivity contribution >= 4 is 5.90 Å². The molecule has 0 amide bonds. The summed E-state index contributed by atoms with van der Waals surface area (Å²) in [6.07, 6.45) is 3.88. The first-order valence-electron chi connectivity index (χ1n) is 11.4. The zero-order valence-electron chi connectivity index (χ0n) is 18.6. The molecule has 32 heavy (non-hydrogen) atoms. The van der Waals surface area contributed by atoms with Gasteiger partial charge in [0.15, 0.2) is 5.41 Å². The maximum atomic E-state index is 10.4. The van der Waals surface area contributed by atoms with E-state index < -0.39 is 28.6 Å². The molecule has 1 N–H and O–H groups in total. The van der Waals surface area contributed by atoms with Crippen molar-refractivity contribution in [3.05, 3.63) is 29.8 Å². The van der Waals surface area contributed by atoms with Crippen LogP contribution in [0.1, 0.15) is 64.0 Å². The lowest BCUT2D eigenvalue weighted by atomic mass is 9.50. The predicted molar refractivity (Wildman–Crippen MR) is 115 cm³/mol. The van der Waals surface area contributed by atoms with Gasteiger partial charge in [-0.3, -0.25) is 5.41 Å². The number of rotatable bonds is 6. The highest BCUT2D eigenvalue weighted by Gasteiger charge is 2.80. The second-order valence-electron chi connectivity index (χ2n) is 9.09. The Labute approximate surface area is 189 Å². The van der Waals surface area contributed by atoms with Crippen LogP contribution in [0.5, 0.6) is 5.75 Å². The third-order valence-electron chi connectivity index (χ3n) is 7.37. The summed E-state index contributed by atoms with van der Waals surface area (Å²) in [4.78, 5) is 0. The van der Waals surface area contributed by atoms with Gasteiger partial charge in [-0.05, 0) is 42.9 Å². The molecule has 3 fully saturated rings. The van der Waals surface area contributed by atoms with Crippen LogP contribution in [-0.2, 0) is 9.47 Å². The summed E-state index contributed by atoms with van der Waals surface area (Å²) in [6.45, 7) is 4.73. The zero-order valence-corrected chi connectivity index (χ0v) is 18.6. The molecule has 4 rings (SSSR count). The third-order valence-corrected chi connectivity index (χ3v) is 7.37. The van der Waals surface area contributed by atoms with Gasteiger partial charge in [-0.15, -0.1) is 0 Å². The Morgan fingerprint density at radius 1 is 1.09 bits per heavy atom. The molecule has 5 unspecified atom stereocenters. The minimum atomic E-state index is -1.90. The molecule has 7 heteroatoms. The van der Waals surface area contributed by atoms with E-state index in [9.17, 15) is 15.8 Å². The number of hydrogen-bond donors (Lipinski definition) is 1. The average molecular weight is 433 g/mol. The Bertz CT molecular complexity index is 1000. The van der Waals surface area contributed by atoms with Crippen LogP contribution in [0.25, 0.3) is 0 Å². The molecule has 2 bridgehead atoms. The summed E-state index contributed by atoms with van der Waals surface area (Å²) >= 11 is 0. The Balaban J connectivity index is 1.82. The van der Waals surface area contributed by atoms with Gasteiger partial charge in [0, 0.05) is 6.42 Å². The van der Waals surface area contributed by atoms with E-state index in [0.717, 1.165) is 25.7 Å². The first-order chi connectivity index (χ1) is 15.5. The van der Waals surface area contributed by atoms with Crippen molar-refractivity contribution in [2.75, 3.05) is 6.61 Å². The van der Waals surface area contributed by atoms with Crippen LogP contribution in [0, 0.1) is 62.1 Å². The molecular formula is C25H28N4O3. The molecule has 1 aromatic rings. The summed E-state index contributed by atoms with van der Waals surface area (Å²) in [5.41, 5.74) is -2.98. The van der Waals surface area contributed by atoms with E-state index in [1.165, 1.54) is 0 Å². The van der Waals surface area contributed by atoms with E-state index in [1.807, 2.05) is 6.92 Å². The lowest BCUT2D eigenvalue weighted by molar-refractivity contribution is -0.299. The van der Waals surface area contributed by atoms with Gasteiger partial charge in [-0.2, -0.15) is 15.8 Å². The number of nitrogens with one attached hydrogen (secondary N) is 1. The van der Waals surface area contributed by atoms with Crippen molar-refractivity contribution in [2.24, 2.45) is 22.7 Å². The molecular weight excluding hydrogens is 404 g/mol.